The molecule has 94 valence electrons. The lowest BCUT2D eigenvalue weighted by molar-refractivity contribution is 0.449. The van der Waals surface area contributed by atoms with E-state index in [1.807, 2.05) is 19.9 Å². The van der Waals surface area contributed by atoms with E-state index in [9.17, 15) is 8.42 Å². The molecule has 0 saturated heterocycles. The van der Waals surface area contributed by atoms with Gasteiger partial charge in [-0.3, -0.25) is 0 Å². The first-order valence-corrected chi connectivity index (χ1v) is 7.28. The highest BCUT2D eigenvalue weighted by Gasteiger charge is 2.24. The molecule has 0 saturated carbocycles. The summed E-state index contributed by atoms with van der Waals surface area (Å²) in [4.78, 5) is 7.58. The van der Waals surface area contributed by atoms with Crippen molar-refractivity contribution in [3.8, 4) is 0 Å². The van der Waals surface area contributed by atoms with Crippen molar-refractivity contribution in [3.63, 3.8) is 0 Å². The van der Waals surface area contributed by atoms with Gasteiger partial charge in [0.15, 0.2) is 0 Å². The largest absolute Gasteiger partial charge is 0.247 e. The predicted molar refractivity (Wildman–Crippen MR) is 67.2 cm³/mol. The highest BCUT2D eigenvalue weighted by Crippen LogP contribution is 2.20. The van der Waals surface area contributed by atoms with Crippen molar-refractivity contribution in [1.29, 1.82) is 0 Å². The van der Waals surface area contributed by atoms with E-state index in [-0.39, 0.29) is 22.7 Å². The van der Waals surface area contributed by atoms with Gasteiger partial charge in [-0.2, -0.15) is 0 Å². The van der Waals surface area contributed by atoms with Crippen LogP contribution in [0.1, 0.15) is 20.3 Å². The number of sulfone groups is 1. The predicted octanol–water partition coefficient (Wildman–Crippen LogP) is 2.10. The van der Waals surface area contributed by atoms with Gasteiger partial charge in [-0.1, -0.05) is 19.9 Å². The molecule has 0 radical (unpaired) electrons. The average molecular weight is 254 g/mol. The molecule has 4 nitrogen and oxygen atoms in total. The van der Waals surface area contributed by atoms with Crippen LogP contribution >= 0.6 is 0 Å². The van der Waals surface area contributed by atoms with Crippen molar-refractivity contribution in [1.82, 2.24) is 9.97 Å². The van der Waals surface area contributed by atoms with E-state index in [1.165, 1.54) is 12.4 Å². The van der Waals surface area contributed by atoms with Gasteiger partial charge in [0.1, 0.15) is 0 Å². The van der Waals surface area contributed by atoms with E-state index < -0.39 is 9.84 Å². The summed E-state index contributed by atoms with van der Waals surface area (Å²) in [7, 11) is -3.39. The fraction of sp³-hybridized carbons (Fsp3) is 0.500. The summed E-state index contributed by atoms with van der Waals surface area (Å²) < 4.78 is 24.0. The molecular formula is C12H18N2O2S. The molecule has 0 aromatic carbocycles. The van der Waals surface area contributed by atoms with Gasteiger partial charge in [-0.25, -0.2) is 18.4 Å². The van der Waals surface area contributed by atoms with Crippen LogP contribution in [0.25, 0.3) is 0 Å². The summed E-state index contributed by atoms with van der Waals surface area (Å²) in [5.74, 6) is 0.279. The van der Waals surface area contributed by atoms with Crippen LogP contribution in [0.3, 0.4) is 0 Å². The van der Waals surface area contributed by atoms with Crippen LogP contribution in [0.4, 0.5) is 0 Å². The first kappa shape index (κ1) is 13.8. The van der Waals surface area contributed by atoms with Crippen molar-refractivity contribution < 1.29 is 8.42 Å². The summed E-state index contributed by atoms with van der Waals surface area (Å²) >= 11 is 0. The molecule has 1 heterocycles. The Bertz CT molecular complexity index is 457. The van der Waals surface area contributed by atoms with Crippen LogP contribution in [0.15, 0.2) is 36.3 Å². The Morgan fingerprint density at radius 1 is 1.41 bits per heavy atom. The number of hydrogen-bond acceptors (Lipinski definition) is 4. The van der Waals surface area contributed by atoms with Crippen LogP contribution in [-0.2, 0) is 9.84 Å². The molecule has 2 atom stereocenters. The minimum absolute atomic E-state index is 0.0197. The molecule has 0 bridgehead atoms. The Morgan fingerprint density at radius 3 is 2.47 bits per heavy atom. The van der Waals surface area contributed by atoms with Gasteiger partial charge in [0.2, 0.25) is 15.0 Å². The second kappa shape index (κ2) is 5.91. The van der Waals surface area contributed by atoms with Gasteiger partial charge in [0.05, 0.1) is 5.75 Å². The summed E-state index contributed by atoms with van der Waals surface area (Å²) in [6.45, 7) is 7.66. The fourth-order valence-corrected chi connectivity index (χ4v) is 3.32. The quantitative estimate of drug-likeness (QED) is 0.576. The van der Waals surface area contributed by atoms with E-state index in [1.54, 1.807) is 6.07 Å². The second-order valence-electron chi connectivity index (χ2n) is 4.10. The van der Waals surface area contributed by atoms with E-state index in [0.717, 1.165) is 6.42 Å². The van der Waals surface area contributed by atoms with Crippen LogP contribution < -0.4 is 0 Å². The van der Waals surface area contributed by atoms with Crippen LogP contribution in [-0.4, -0.2) is 24.1 Å². The highest BCUT2D eigenvalue weighted by atomic mass is 32.2. The third-order valence-electron chi connectivity index (χ3n) is 2.81. The monoisotopic (exact) mass is 254 g/mol. The maximum Gasteiger partial charge on any atom is 0.247 e. The van der Waals surface area contributed by atoms with E-state index in [4.69, 9.17) is 0 Å². The maximum atomic E-state index is 12.0. The summed E-state index contributed by atoms with van der Waals surface area (Å²) in [6.07, 6.45) is 5.58. The standard InChI is InChI=1S/C12H18N2O2S/c1-4-11(5-2)10(3)9-17(15,16)12-13-7-6-8-14-12/h4,6-8,10-11H,1,5,9H2,2-3H3/t10-,11-/m1/s1. The fourth-order valence-electron chi connectivity index (χ4n) is 1.79. The minimum atomic E-state index is -3.39. The van der Waals surface area contributed by atoms with Crippen LogP contribution in [0, 0.1) is 11.8 Å². The van der Waals surface area contributed by atoms with Crippen molar-refractivity contribution in [2.24, 2.45) is 11.8 Å². The Morgan fingerprint density at radius 2 is 2.00 bits per heavy atom. The molecule has 0 aliphatic heterocycles. The minimum Gasteiger partial charge on any atom is -0.227 e. The molecular weight excluding hydrogens is 236 g/mol. The summed E-state index contributed by atoms with van der Waals surface area (Å²) in [5, 5.41) is -0.0919. The average Bonchev–Trinajstić information content (AvgIpc) is 2.31. The van der Waals surface area contributed by atoms with Crippen molar-refractivity contribution in [3.05, 3.63) is 31.1 Å². The van der Waals surface area contributed by atoms with Crippen molar-refractivity contribution in [2.45, 2.75) is 25.4 Å². The van der Waals surface area contributed by atoms with Gasteiger partial charge in [0.25, 0.3) is 0 Å². The molecule has 5 heteroatoms. The molecule has 0 aliphatic rings. The van der Waals surface area contributed by atoms with Crippen LogP contribution in [0.2, 0.25) is 0 Å². The zero-order chi connectivity index (χ0) is 12.9. The van der Waals surface area contributed by atoms with Gasteiger partial charge < -0.3 is 0 Å². The summed E-state index contributed by atoms with van der Waals surface area (Å²) in [6, 6.07) is 1.60. The SMILES string of the molecule is C=C[C@H](CC)[C@H](C)CS(=O)(=O)c1ncccn1. The first-order valence-electron chi connectivity index (χ1n) is 5.63. The highest BCUT2D eigenvalue weighted by molar-refractivity contribution is 7.91. The zero-order valence-electron chi connectivity index (χ0n) is 10.2. The molecule has 1 aromatic rings. The Kier molecular flexibility index (Phi) is 4.81. The molecule has 0 amide bonds. The molecule has 0 fully saturated rings. The van der Waals surface area contributed by atoms with Crippen molar-refractivity contribution >= 4 is 9.84 Å². The van der Waals surface area contributed by atoms with Gasteiger partial charge in [-0.05, 0) is 24.3 Å². The lowest BCUT2D eigenvalue weighted by Crippen LogP contribution is -2.21. The van der Waals surface area contributed by atoms with Gasteiger partial charge >= 0.3 is 0 Å². The third kappa shape index (κ3) is 3.63. The van der Waals surface area contributed by atoms with E-state index in [0.29, 0.717) is 0 Å². The molecule has 0 unspecified atom stereocenters. The number of rotatable bonds is 6. The van der Waals surface area contributed by atoms with Crippen LogP contribution in [0.5, 0.6) is 0 Å². The Hall–Kier alpha value is -1.23. The summed E-state index contributed by atoms with van der Waals surface area (Å²) in [5.41, 5.74) is 0. The number of nitrogens with zero attached hydrogens (tertiary/aromatic N) is 2. The zero-order valence-corrected chi connectivity index (χ0v) is 11.0. The Labute approximate surface area is 103 Å². The number of hydrogen-bond donors (Lipinski definition) is 0. The number of allylic oxidation sites excluding steroid dienone is 1. The molecule has 1 aromatic heterocycles. The smallest absolute Gasteiger partial charge is 0.227 e. The van der Waals surface area contributed by atoms with Crippen molar-refractivity contribution in [2.75, 3.05) is 5.75 Å². The molecule has 0 N–H and O–H groups in total. The first-order chi connectivity index (χ1) is 8.01. The van der Waals surface area contributed by atoms with E-state index in [2.05, 4.69) is 16.5 Å². The van der Waals surface area contributed by atoms with Gasteiger partial charge in [0, 0.05) is 12.4 Å². The molecule has 0 spiro atoms. The molecule has 0 aliphatic carbocycles. The van der Waals surface area contributed by atoms with E-state index >= 15 is 0 Å². The molecule has 17 heavy (non-hydrogen) atoms. The lowest BCUT2D eigenvalue weighted by atomic mass is 9.93. The number of aromatic nitrogens is 2. The molecule has 1 rings (SSSR count). The topological polar surface area (TPSA) is 59.9 Å². The third-order valence-corrected chi connectivity index (χ3v) is 4.54. The lowest BCUT2D eigenvalue weighted by Gasteiger charge is -2.18. The second-order valence-corrected chi connectivity index (χ2v) is 6.03. The normalized spacial score (nSPS) is 15.2. The van der Waals surface area contributed by atoms with Gasteiger partial charge in [-0.15, -0.1) is 6.58 Å². The Balaban J connectivity index is 2.84. The maximum absolute atomic E-state index is 12.0.